The van der Waals surface area contributed by atoms with Gasteiger partial charge in [0.2, 0.25) is 0 Å². The fourth-order valence-corrected chi connectivity index (χ4v) is 3.31. The summed E-state index contributed by atoms with van der Waals surface area (Å²) in [6, 6.07) is 19.5. The minimum absolute atomic E-state index is 0.0792. The van der Waals surface area contributed by atoms with Gasteiger partial charge in [-0.25, -0.2) is 0 Å². The lowest BCUT2D eigenvalue weighted by Crippen LogP contribution is -2.22. The van der Waals surface area contributed by atoms with Gasteiger partial charge in [-0.1, -0.05) is 60.7 Å². The highest BCUT2D eigenvalue weighted by molar-refractivity contribution is 5.98. The van der Waals surface area contributed by atoms with Crippen LogP contribution in [0.2, 0.25) is 0 Å². The van der Waals surface area contributed by atoms with Crippen molar-refractivity contribution in [1.82, 2.24) is 0 Å². The first kappa shape index (κ1) is 16.9. The molecule has 0 spiro atoms. The predicted octanol–water partition coefficient (Wildman–Crippen LogP) is 4.36. The highest BCUT2D eigenvalue weighted by Crippen LogP contribution is 2.40. The zero-order valence-corrected chi connectivity index (χ0v) is 14.4. The first-order chi connectivity index (χ1) is 12.1. The third-order valence-corrected chi connectivity index (χ3v) is 4.42. The predicted molar refractivity (Wildman–Crippen MR) is 96.9 cm³/mol. The van der Waals surface area contributed by atoms with Crippen LogP contribution in [-0.4, -0.2) is 12.1 Å². The van der Waals surface area contributed by atoms with E-state index in [1.54, 1.807) is 6.92 Å². The van der Waals surface area contributed by atoms with Gasteiger partial charge in [0.15, 0.2) is 5.78 Å². The number of hydrogen-bond acceptors (Lipinski definition) is 3. The van der Waals surface area contributed by atoms with E-state index in [9.17, 15) is 9.59 Å². The van der Waals surface area contributed by atoms with Crippen molar-refractivity contribution in [2.45, 2.75) is 26.2 Å². The average molecular weight is 332 g/mol. The molecule has 0 amide bonds. The molecule has 1 atom stereocenters. The van der Waals surface area contributed by atoms with E-state index in [1.807, 2.05) is 60.7 Å². The molecule has 0 saturated carbocycles. The molecule has 3 nitrogen and oxygen atoms in total. The van der Waals surface area contributed by atoms with Gasteiger partial charge in [0.25, 0.3) is 0 Å². The first-order valence-electron chi connectivity index (χ1n) is 8.28. The minimum atomic E-state index is -0.385. The SMILES string of the molecule is CC(=O)C1=C(C)OC(Cc2ccccc2)=C(C=O)C1c1ccccc1. The summed E-state index contributed by atoms with van der Waals surface area (Å²) in [6.45, 7) is 3.31. The van der Waals surface area contributed by atoms with E-state index in [0.29, 0.717) is 29.1 Å². The highest BCUT2D eigenvalue weighted by Gasteiger charge is 2.33. The second-order valence-corrected chi connectivity index (χ2v) is 6.13. The molecule has 1 aliphatic rings. The van der Waals surface area contributed by atoms with Crippen LogP contribution in [-0.2, 0) is 20.7 Å². The van der Waals surface area contributed by atoms with E-state index in [4.69, 9.17) is 4.74 Å². The number of carbonyl (C=O) groups excluding carboxylic acids is 2. The summed E-state index contributed by atoms with van der Waals surface area (Å²) in [7, 11) is 0. The number of rotatable bonds is 5. The molecule has 0 radical (unpaired) electrons. The zero-order chi connectivity index (χ0) is 17.8. The van der Waals surface area contributed by atoms with Gasteiger partial charge in [0.05, 0.1) is 0 Å². The Hall–Kier alpha value is -2.94. The van der Waals surface area contributed by atoms with Crippen molar-refractivity contribution >= 4 is 12.1 Å². The van der Waals surface area contributed by atoms with Gasteiger partial charge in [-0.05, 0) is 25.0 Å². The smallest absolute Gasteiger partial charge is 0.160 e. The number of ketones is 1. The van der Waals surface area contributed by atoms with Crippen molar-refractivity contribution in [2.75, 3.05) is 0 Å². The summed E-state index contributed by atoms with van der Waals surface area (Å²) in [6.07, 6.45) is 1.34. The van der Waals surface area contributed by atoms with E-state index in [0.717, 1.165) is 17.4 Å². The fourth-order valence-electron chi connectivity index (χ4n) is 3.31. The zero-order valence-electron chi connectivity index (χ0n) is 14.4. The Morgan fingerprint density at radius 1 is 1.04 bits per heavy atom. The second kappa shape index (κ2) is 7.31. The van der Waals surface area contributed by atoms with Gasteiger partial charge in [-0.3, -0.25) is 9.59 Å². The van der Waals surface area contributed by atoms with Gasteiger partial charge in [-0.15, -0.1) is 0 Å². The summed E-state index contributed by atoms with van der Waals surface area (Å²) in [5.41, 5.74) is 3.04. The molecule has 2 aromatic carbocycles. The lowest BCUT2D eigenvalue weighted by molar-refractivity contribution is -0.114. The quantitative estimate of drug-likeness (QED) is 0.764. The average Bonchev–Trinajstić information content (AvgIpc) is 2.62. The number of benzene rings is 2. The molecule has 1 aliphatic heterocycles. The van der Waals surface area contributed by atoms with Crippen LogP contribution in [0.3, 0.4) is 0 Å². The molecule has 0 saturated heterocycles. The van der Waals surface area contributed by atoms with Crippen LogP contribution in [0, 0.1) is 0 Å². The third-order valence-electron chi connectivity index (χ3n) is 4.42. The summed E-state index contributed by atoms with van der Waals surface area (Å²) < 4.78 is 5.93. The Labute approximate surface area is 147 Å². The standard InChI is InChI=1S/C22H20O3/c1-15(24)21-16(2)25-20(13-17-9-5-3-6-10-17)19(14-23)22(21)18-11-7-4-8-12-18/h3-12,14,22H,13H2,1-2H3. The maximum absolute atomic E-state index is 12.2. The largest absolute Gasteiger partial charge is 0.465 e. The summed E-state index contributed by atoms with van der Waals surface area (Å²) in [5.74, 6) is 0.712. The van der Waals surface area contributed by atoms with Crippen LogP contribution in [0.25, 0.3) is 0 Å². The summed E-state index contributed by atoms with van der Waals surface area (Å²) in [5, 5.41) is 0. The topological polar surface area (TPSA) is 43.4 Å². The second-order valence-electron chi connectivity index (χ2n) is 6.13. The molecule has 3 rings (SSSR count). The Balaban J connectivity index is 2.11. The molecule has 2 aromatic rings. The lowest BCUT2D eigenvalue weighted by atomic mass is 9.80. The molecule has 1 heterocycles. The van der Waals surface area contributed by atoms with Crippen molar-refractivity contribution in [1.29, 1.82) is 0 Å². The third kappa shape index (κ3) is 3.45. The van der Waals surface area contributed by atoms with Crippen molar-refractivity contribution < 1.29 is 14.3 Å². The van der Waals surface area contributed by atoms with E-state index in [-0.39, 0.29) is 11.7 Å². The maximum atomic E-state index is 12.2. The van der Waals surface area contributed by atoms with Crippen LogP contribution in [0.1, 0.15) is 30.9 Å². The van der Waals surface area contributed by atoms with Crippen LogP contribution in [0.4, 0.5) is 0 Å². The van der Waals surface area contributed by atoms with Gasteiger partial charge < -0.3 is 4.74 Å². The number of ether oxygens (including phenoxy) is 1. The van der Waals surface area contributed by atoms with Crippen molar-refractivity contribution in [3.8, 4) is 0 Å². The fraction of sp³-hybridized carbons (Fsp3) is 0.182. The Morgan fingerprint density at radius 3 is 2.20 bits per heavy atom. The van der Waals surface area contributed by atoms with Gasteiger partial charge in [-0.2, -0.15) is 0 Å². The van der Waals surface area contributed by atoms with Crippen LogP contribution in [0.5, 0.6) is 0 Å². The highest BCUT2D eigenvalue weighted by atomic mass is 16.5. The first-order valence-corrected chi connectivity index (χ1v) is 8.28. The molecule has 0 aliphatic carbocycles. The van der Waals surface area contributed by atoms with Crippen molar-refractivity contribution in [3.05, 3.63) is 94.5 Å². The van der Waals surface area contributed by atoms with Crippen LogP contribution >= 0.6 is 0 Å². The normalized spacial score (nSPS) is 17.3. The Kier molecular flexibility index (Phi) is 4.94. The molecular weight excluding hydrogens is 312 g/mol. The maximum Gasteiger partial charge on any atom is 0.160 e. The molecule has 0 fully saturated rings. The van der Waals surface area contributed by atoms with Crippen LogP contribution in [0.15, 0.2) is 83.3 Å². The molecule has 0 bridgehead atoms. The molecule has 0 aromatic heterocycles. The molecule has 3 heteroatoms. The molecule has 25 heavy (non-hydrogen) atoms. The van der Waals surface area contributed by atoms with E-state index in [2.05, 4.69) is 0 Å². The summed E-state index contributed by atoms with van der Waals surface area (Å²) in [4.78, 5) is 24.2. The van der Waals surface area contributed by atoms with Crippen LogP contribution < -0.4 is 0 Å². The van der Waals surface area contributed by atoms with Gasteiger partial charge in [0.1, 0.15) is 17.8 Å². The van der Waals surface area contributed by atoms with Gasteiger partial charge in [0, 0.05) is 23.5 Å². The number of carbonyl (C=O) groups is 2. The number of Topliss-reactive ketones (excluding diaryl/α,β-unsaturated/α-hetero) is 1. The minimum Gasteiger partial charge on any atom is -0.465 e. The number of aldehydes is 1. The number of hydrogen-bond donors (Lipinski definition) is 0. The molecule has 0 N–H and O–H groups in total. The monoisotopic (exact) mass is 332 g/mol. The van der Waals surface area contributed by atoms with Crippen molar-refractivity contribution in [3.63, 3.8) is 0 Å². The van der Waals surface area contributed by atoms with E-state index < -0.39 is 0 Å². The Morgan fingerprint density at radius 2 is 1.64 bits per heavy atom. The lowest BCUT2D eigenvalue weighted by Gasteiger charge is -2.29. The van der Waals surface area contributed by atoms with Crippen molar-refractivity contribution in [2.24, 2.45) is 0 Å². The Bertz CT molecular complexity index is 845. The number of allylic oxidation sites excluding steroid dienone is 4. The molecular formula is C22H20O3. The van der Waals surface area contributed by atoms with Gasteiger partial charge >= 0.3 is 0 Å². The summed E-state index contributed by atoms with van der Waals surface area (Å²) >= 11 is 0. The molecule has 1 unspecified atom stereocenters. The molecule has 126 valence electrons. The van der Waals surface area contributed by atoms with E-state index in [1.165, 1.54) is 6.92 Å². The van der Waals surface area contributed by atoms with E-state index >= 15 is 0 Å².